The van der Waals surface area contributed by atoms with E-state index in [-0.39, 0.29) is 40.7 Å². The number of oxime groups is 1. The van der Waals surface area contributed by atoms with Crippen molar-refractivity contribution in [1.82, 2.24) is 15.8 Å². The number of esters is 1. The number of hydrogen-bond donors (Lipinski definition) is 3. The van der Waals surface area contributed by atoms with Gasteiger partial charge in [0.15, 0.2) is 27.5 Å². The molecule has 1 aromatic rings. The molecule has 0 aliphatic carbocycles. The Bertz CT molecular complexity index is 1420. The van der Waals surface area contributed by atoms with E-state index in [0.717, 1.165) is 11.3 Å². The Balaban J connectivity index is 2.74. The van der Waals surface area contributed by atoms with Crippen LogP contribution in [0.2, 0.25) is 36.3 Å². The van der Waals surface area contributed by atoms with Crippen LogP contribution in [0.3, 0.4) is 0 Å². The van der Waals surface area contributed by atoms with Crippen molar-refractivity contribution in [2.45, 2.75) is 142 Å². The zero-order valence-corrected chi connectivity index (χ0v) is 36.0. The predicted molar refractivity (Wildman–Crippen MR) is 200 cm³/mol. The van der Waals surface area contributed by atoms with Gasteiger partial charge in [-0.2, -0.15) is 0 Å². The Morgan fingerprint density at radius 2 is 1.41 bits per heavy atom. The highest BCUT2D eigenvalue weighted by molar-refractivity contribution is 7.14. The van der Waals surface area contributed by atoms with E-state index in [2.05, 4.69) is 67.8 Å². The molecule has 0 unspecified atom stereocenters. The molecule has 0 aromatic carbocycles. The van der Waals surface area contributed by atoms with E-state index in [9.17, 15) is 19.2 Å². The van der Waals surface area contributed by atoms with E-state index in [4.69, 9.17) is 28.0 Å². The first kappa shape index (κ1) is 44.3. The second-order valence-electron chi connectivity index (χ2n) is 17.6. The molecule has 0 spiro atoms. The Hall–Kier alpha value is -2.91. The van der Waals surface area contributed by atoms with Crippen LogP contribution >= 0.6 is 11.3 Å². The molecule has 3 amide bonds. The van der Waals surface area contributed by atoms with Gasteiger partial charge in [-0.15, -0.1) is 11.3 Å². The summed E-state index contributed by atoms with van der Waals surface area (Å²) in [7, 11) is -5.03. The van der Waals surface area contributed by atoms with Gasteiger partial charge in [-0.3, -0.25) is 19.7 Å². The van der Waals surface area contributed by atoms with E-state index in [1.807, 2.05) is 26.2 Å². The lowest BCUT2D eigenvalue weighted by atomic mass is 10.1. The van der Waals surface area contributed by atoms with E-state index in [1.165, 1.54) is 5.38 Å². The summed E-state index contributed by atoms with van der Waals surface area (Å²) in [5.41, 5.74) is -1.90. The van der Waals surface area contributed by atoms with Crippen molar-refractivity contribution in [3.05, 3.63) is 11.1 Å². The van der Waals surface area contributed by atoms with Crippen LogP contribution in [0.1, 0.15) is 88.8 Å². The minimum atomic E-state index is -2.52. The van der Waals surface area contributed by atoms with Crippen LogP contribution in [0.25, 0.3) is 0 Å². The summed E-state index contributed by atoms with van der Waals surface area (Å²) in [5.74, 6) is -2.23. The zero-order chi connectivity index (χ0) is 39.4. The molecule has 1 aromatic heterocycles. The molecule has 1 aliphatic rings. The fourth-order valence-electron chi connectivity index (χ4n) is 3.49. The normalized spacial score (nSPS) is 16.7. The van der Waals surface area contributed by atoms with Gasteiger partial charge in [-0.1, -0.05) is 46.7 Å². The van der Waals surface area contributed by atoms with Crippen molar-refractivity contribution in [2.75, 3.05) is 25.1 Å². The second kappa shape index (κ2) is 16.0. The molecule has 290 valence electrons. The maximum atomic E-state index is 14.3. The van der Waals surface area contributed by atoms with E-state index < -0.39 is 69.1 Å². The minimum Gasteiger partial charge on any atom is -0.457 e. The molecule has 1 saturated heterocycles. The Labute approximate surface area is 308 Å². The third-order valence-corrected chi connectivity index (χ3v) is 18.4. The lowest BCUT2D eigenvalue weighted by Crippen LogP contribution is -2.57. The highest BCUT2D eigenvalue weighted by atomic mass is 32.1. The van der Waals surface area contributed by atoms with Crippen molar-refractivity contribution >= 4 is 62.7 Å². The molecule has 0 bridgehead atoms. The van der Waals surface area contributed by atoms with E-state index >= 15 is 0 Å². The van der Waals surface area contributed by atoms with E-state index in [0.29, 0.717) is 0 Å². The summed E-state index contributed by atoms with van der Waals surface area (Å²) in [5, 5.41) is 10.5. The maximum absolute atomic E-state index is 14.3. The monoisotopic (exact) mass is 773 g/mol. The van der Waals surface area contributed by atoms with Crippen LogP contribution in [0.4, 0.5) is 9.93 Å². The summed E-state index contributed by atoms with van der Waals surface area (Å²) in [6, 6.07) is -1.04. The fraction of sp³-hybridized carbons (Fsp3) is 0.758. The lowest BCUT2D eigenvalue weighted by molar-refractivity contribution is -0.194. The minimum absolute atomic E-state index is 0.0170. The first-order valence-electron chi connectivity index (χ1n) is 16.8. The van der Waals surface area contributed by atoms with Crippen molar-refractivity contribution in [2.24, 2.45) is 5.16 Å². The van der Waals surface area contributed by atoms with Crippen LogP contribution < -0.4 is 16.1 Å². The third kappa shape index (κ3) is 12.9. The topological polar surface area (TPSA) is 185 Å². The number of anilines is 1. The molecule has 18 heteroatoms. The number of aromatic nitrogens is 1. The number of carbonyl (C=O) groups is 4. The number of carbonyl (C=O) groups excluding carboxylic acids is 4. The number of nitrogens with zero attached hydrogens (tertiary/aromatic N) is 2. The number of thiazole rings is 1. The van der Waals surface area contributed by atoms with Crippen LogP contribution in [-0.2, 0) is 42.4 Å². The van der Waals surface area contributed by atoms with Crippen LogP contribution in [-0.4, -0.2) is 93.9 Å². The zero-order valence-electron chi connectivity index (χ0n) is 33.2. The van der Waals surface area contributed by atoms with Gasteiger partial charge in [0.05, 0.1) is 13.2 Å². The molecule has 0 radical (unpaired) electrons. The summed E-state index contributed by atoms with van der Waals surface area (Å²) in [6.07, 6.45) is -0.753. The molecule has 1 aliphatic heterocycles. The number of rotatable bonds is 13. The molecule has 1 fully saturated rings. The van der Waals surface area contributed by atoms with Crippen LogP contribution in [0.5, 0.6) is 0 Å². The summed E-state index contributed by atoms with van der Waals surface area (Å²) in [6.45, 7) is 30.1. The smallest absolute Gasteiger partial charge is 0.413 e. The Kier molecular flexibility index (Phi) is 13.9. The molecule has 3 N–H and O–H groups in total. The first-order valence-corrected chi connectivity index (χ1v) is 23.5. The predicted octanol–water partition coefficient (Wildman–Crippen LogP) is 5.88. The highest BCUT2D eigenvalue weighted by Crippen LogP contribution is 2.40. The largest absolute Gasteiger partial charge is 0.457 e. The van der Waals surface area contributed by atoms with Crippen molar-refractivity contribution in [3.8, 4) is 0 Å². The second-order valence-corrected chi connectivity index (χ2v) is 28.1. The number of amides is 3. The highest BCUT2D eigenvalue weighted by Gasteiger charge is 2.51. The van der Waals surface area contributed by atoms with Gasteiger partial charge in [-0.25, -0.2) is 20.1 Å². The van der Waals surface area contributed by atoms with Crippen molar-refractivity contribution in [3.63, 3.8) is 0 Å². The quantitative estimate of drug-likeness (QED) is 0.0941. The van der Waals surface area contributed by atoms with Gasteiger partial charge in [0.1, 0.15) is 29.5 Å². The number of hydrogen-bond acceptors (Lipinski definition) is 13. The van der Waals surface area contributed by atoms with Gasteiger partial charge in [0, 0.05) is 5.38 Å². The molecule has 2 heterocycles. The Morgan fingerprint density at radius 1 is 0.902 bits per heavy atom. The fourth-order valence-corrected chi connectivity index (χ4v) is 6.23. The third-order valence-electron chi connectivity index (χ3n) is 8.64. The van der Waals surface area contributed by atoms with Crippen LogP contribution in [0.15, 0.2) is 10.5 Å². The Morgan fingerprint density at radius 3 is 1.84 bits per heavy atom. The van der Waals surface area contributed by atoms with Gasteiger partial charge in [-0.05, 0) is 77.8 Å². The van der Waals surface area contributed by atoms with Crippen molar-refractivity contribution < 1.29 is 47.2 Å². The first-order chi connectivity index (χ1) is 22.9. The molecule has 2 rings (SSSR count). The average Bonchev–Trinajstić information content (AvgIpc) is 3.55. The molecular weight excluding hydrogens is 715 g/mol. The number of ether oxygens (including phenoxy) is 2. The maximum Gasteiger partial charge on any atom is 0.413 e. The molecule has 51 heavy (non-hydrogen) atoms. The summed E-state index contributed by atoms with van der Waals surface area (Å²) < 4.78 is 24.4. The SMILES string of the molecule is CC(C)(C)OC(=O)Nc1nc(/C(=N/OC(CO[Si](C)(C)C(C)(C)C)(CO[Si](C)(C)C(C)(C)C)C(=O)OC(C)(C)C)C(=O)N[C@H]2CONC2=O)cs1. The van der Waals surface area contributed by atoms with Crippen molar-refractivity contribution in [1.29, 1.82) is 0 Å². The standard InChI is InChI=1S/C33H59N5O10SSi2/c1-29(2,3)46-26(41)33(19-44-50(13,14)31(7,8)9,20-45-51(15,16)32(10,11)12)48-37-23(25(40)34-21-17-43-38-24(21)39)22-18-49-27(35-22)36-28(42)47-30(4,5)6/h18,21H,17,19-20H2,1-16H3,(H,34,40)(H,38,39)(H,35,36,42)/b37-23-/t21-/m0/s1. The molecular formula is C33H59N5O10SSi2. The molecule has 1 atom stereocenters. The number of hydroxylamine groups is 1. The van der Waals surface area contributed by atoms with Gasteiger partial charge >= 0.3 is 12.1 Å². The average molecular weight is 774 g/mol. The lowest BCUT2D eigenvalue weighted by Gasteiger charge is -2.42. The molecule has 0 saturated carbocycles. The number of nitrogens with one attached hydrogen (secondary N) is 3. The molecule has 15 nitrogen and oxygen atoms in total. The van der Waals surface area contributed by atoms with Crippen LogP contribution in [0, 0.1) is 0 Å². The van der Waals surface area contributed by atoms with Gasteiger partial charge < -0.3 is 28.5 Å². The van der Waals surface area contributed by atoms with Gasteiger partial charge in [0.25, 0.3) is 17.4 Å². The van der Waals surface area contributed by atoms with Gasteiger partial charge in [0.2, 0.25) is 0 Å². The summed E-state index contributed by atoms with van der Waals surface area (Å²) in [4.78, 5) is 68.4. The van der Waals surface area contributed by atoms with E-state index in [1.54, 1.807) is 41.5 Å². The summed E-state index contributed by atoms with van der Waals surface area (Å²) >= 11 is 1.000.